The molecule has 1 amide bonds. The van der Waals surface area contributed by atoms with E-state index in [1.807, 2.05) is 46.8 Å². The number of carbonyl (C=O) groups is 1. The van der Waals surface area contributed by atoms with E-state index >= 15 is 0 Å². The van der Waals surface area contributed by atoms with Gasteiger partial charge in [0.2, 0.25) is 15.9 Å². The summed E-state index contributed by atoms with van der Waals surface area (Å²) in [7, 11) is -3.50. The molecular formula is C19H30N2O3S. The number of piperidine rings is 1. The van der Waals surface area contributed by atoms with Crippen LogP contribution in [0, 0.1) is 19.8 Å². The zero-order chi connectivity index (χ0) is 18.8. The Morgan fingerprint density at radius 3 is 2.36 bits per heavy atom. The van der Waals surface area contributed by atoms with Crippen LogP contribution in [0.1, 0.15) is 51.2 Å². The van der Waals surface area contributed by atoms with Crippen molar-refractivity contribution in [2.24, 2.45) is 5.92 Å². The molecule has 5 nitrogen and oxygen atoms in total. The lowest BCUT2D eigenvalue weighted by atomic mass is 9.94. The summed E-state index contributed by atoms with van der Waals surface area (Å²) in [6.07, 6.45) is 1.99. The Kier molecular flexibility index (Phi) is 5.94. The Bertz CT molecular complexity index is 733. The Morgan fingerprint density at radius 2 is 1.84 bits per heavy atom. The van der Waals surface area contributed by atoms with Gasteiger partial charge in [0.15, 0.2) is 0 Å². The third kappa shape index (κ3) is 4.61. The van der Waals surface area contributed by atoms with E-state index in [0.29, 0.717) is 30.8 Å². The second-order valence-corrected chi connectivity index (χ2v) is 9.58. The second-order valence-electron chi connectivity index (χ2n) is 7.67. The highest BCUT2D eigenvalue weighted by molar-refractivity contribution is 7.89. The van der Waals surface area contributed by atoms with Crippen LogP contribution in [0.2, 0.25) is 0 Å². The molecule has 1 aliphatic rings. The van der Waals surface area contributed by atoms with Gasteiger partial charge in [-0.25, -0.2) is 8.42 Å². The third-order valence-corrected chi connectivity index (χ3v) is 7.18. The van der Waals surface area contributed by atoms with Gasteiger partial charge in [0.05, 0.1) is 4.90 Å². The lowest BCUT2D eigenvalue weighted by molar-refractivity contribution is -0.127. The number of carbonyl (C=O) groups excluding carboxylic acids is 1. The summed E-state index contributed by atoms with van der Waals surface area (Å²) in [4.78, 5) is 12.8. The molecule has 1 heterocycles. The molecule has 1 aromatic carbocycles. The molecule has 1 aromatic rings. The molecule has 0 aromatic heterocycles. The van der Waals surface area contributed by atoms with Crippen molar-refractivity contribution in [1.82, 2.24) is 9.62 Å². The summed E-state index contributed by atoms with van der Waals surface area (Å²) >= 11 is 0. The van der Waals surface area contributed by atoms with Crippen molar-refractivity contribution in [3.05, 3.63) is 29.3 Å². The van der Waals surface area contributed by atoms with Crippen molar-refractivity contribution in [3.8, 4) is 0 Å². The van der Waals surface area contributed by atoms with Crippen LogP contribution < -0.4 is 5.32 Å². The summed E-state index contributed by atoms with van der Waals surface area (Å²) in [5.41, 5.74) is 1.59. The van der Waals surface area contributed by atoms with Gasteiger partial charge < -0.3 is 5.32 Å². The van der Waals surface area contributed by atoms with Crippen molar-refractivity contribution in [3.63, 3.8) is 0 Å². The fourth-order valence-corrected chi connectivity index (χ4v) is 4.79. The fraction of sp³-hybridized carbons (Fsp3) is 0.632. The van der Waals surface area contributed by atoms with Crippen LogP contribution in [0.4, 0.5) is 0 Å². The first kappa shape index (κ1) is 19.9. The largest absolute Gasteiger partial charge is 0.351 e. The lowest BCUT2D eigenvalue weighted by Crippen LogP contribution is -2.48. The predicted molar refractivity (Wildman–Crippen MR) is 99.9 cm³/mol. The monoisotopic (exact) mass is 366 g/mol. The zero-order valence-corrected chi connectivity index (χ0v) is 16.7. The Labute approximate surface area is 151 Å². The number of hydrogen-bond acceptors (Lipinski definition) is 3. The van der Waals surface area contributed by atoms with Gasteiger partial charge >= 0.3 is 0 Å². The lowest BCUT2D eigenvalue weighted by Gasteiger charge is -2.33. The topological polar surface area (TPSA) is 66.5 Å². The van der Waals surface area contributed by atoms with Crippen molar-refractivity contribution in [2.45, 2.75) is 64.3 Å². The minimum Gasteiger partial charge on any atom is -0.351 e. The molecule has 140 valence electrons. The van der Waals surface area contributed by atoms with Crippen LogP contribution in [0.3, 0.4) is 0 Å². The summed E-state index contributed by atoms with van der Waals surface area (Å²) in [6.45, 7) is 10.6. The van der Waals surface area contributed by atoms with Crippen molar-refractivity contribution < 1.29 is 13.2 Å². The van der Waals surface area contributed by atoms with Crippen LogP contribution >= 0.6 is 0 Å². The summed E-state index contributed by atoms with van der Waals surface area (Å²) in [6, 6.07) is 5.40. The summed E-state index contributed by atoms with van der Waals surface area (Å²) in [5.74, 6) is -0.0770. The normalized spacial score (nSPS) is 17.5. The van der Waals surface area contributed by atoms with Gasteiger partial charge in [-0.15, -0.1) is 0 Å². The molecule has 1 fully saturated rings. The van der Waals surface area contributed by atoms with Gasteiger partial charge in [0, 0.05) is 24.5 Å². The maximum Gasteiger partial charge on any atom is 0.243 e. The van der Waals surface area contributed by atoms with E-state index in [2.05, 4.69) is 5.32 Å². The third-order valence-electron chi connectivity index (χ3n) is 5.12. The summed E-state index contributed by atoms with van der Waals surface area (Å²) in [5, 5.41) is 3.07. The van der Waals surface area contributed by atoms with Crippen LogP contribution in [0.5, 0.6) is 0 Å². The second kappa shape index (κ2) is 7.46. The molecule has 0 saturated carbocycles. The molecule has 1 aliphatic heterocycles. The van der Waals surface area contributed by atoms with Crippen LogP contribution in [0.25, 0.3) is 0 Å². The first-order chi connectivity index (χ1) is 11.6. The molecule has 0 atom stereocenters. The van der Waals surface area contributed by atoms with Crippen LogP contribution in [-0.4, -0.2) is 37.3 Å². The van der Waals surface area contributed by atoms with Gasteiger partial charge in [-0.3, -0.25) is 4.79 Å². The molecule has 0 aliphatic carbocycles. The van der Waals surface area contributed by atoms with Crippen molar-refractivity contribution in [2.75, 3.05) is 13.1 Å². The SMILES string of the molecule is CCC(C)(C)NC(=O)C1CCN(S(=O)(=O)c2ccc(C)cc2C)CC1. The molecule has 6 heteroatoms. The van der Waals surface area contributed by atoms with Crippen LogP contribution in [-0.2, 0) is 14.8 Å². The highest BCUT2D eigenvalue weighted by atomic mass is 32.2. The number of nitrogens with one attached hydrogen (secondary N) is 1. The molecule has 0 bridgehead atoms. The van der Waals surface area contributed by atoms with Gasteiger partial charge in [-0.1, -0.05) is 24.6 Å². The number of nitrogens with zero attached hydrogens (tertiary/aromatic N) is 1. The quantitative estimate of drug-likeness (QED) is 0.871. The number of aryl methyl sites for hydroxylation is 2. The van der Waals surface area contributed by atoms with E-state index in [0.717, 1.165) is 17.5 Å². The predicted octanol–water partition coefficient (Wildman–Crippen LogP) is 3.01. The molecule has 2 rings (SSSR count). The average molecular weight is 367 g/mol. The van der Waals surface area contributed by atoms with E-state index in [4.69, 9.17) is 0 Å². The van der Waals surface area contributed by atoms with E-state index in [-0.39, 0.29) is 17.4 Å². The average Bonchev–Trinajstić information content (AvgIpc) is 2.54. The fourth-order valence-electron chi connectivity index (χ4n) is 3.11. The minimum atomic E-state index is -3.50. The van der Waals surface area contributed by atoms with Gasteiger partial charge in [0.25, 0.3) is 0 Å². The first-order valence-electron chi connectivity index (χ1n) is 8.96. The Balaban J connectivity index is 2.05. The first-order valence-corrected chi connectivity index (χ1v) is 10.4. The number of amides is 1. The van der Waals surface area contributed by atoms with Crippen molar-refractivity contribution >= 4 is 15.9 Å². The Hall–Kier alpha value is -1.40. The van der Waals surface area contributed by atoms with Crippen LogP contribution in [0.15, 0.2) is 23.1 Å². The number of sulfonamides is 1. The molecule has 0 unspecified atom stereocenters. The molecule has 0 spiro atoms. The number of hydrogen-bond donors (Lipinski definition) is 1. The Morgan fingerprint density at radius 1 is 1.24 bits per heavy atom. The number of benzene rings is 1. The smallest absolute Gasteiger partial charge is 0.243 e. The van der Waals surface area contributed by atoms with E-state index in [1.165, 1.54) is 4.31 Å². The van der Waals surface area contributed by atoms with E-state index < -0.39 is 10.0 Å². The van der Waals surface area contributed by atoms with Gasteiger partial charge in [-0.2, -0.15) is 4.31 Å². The standard InChI is InChI=1S/C19H30N2O3S/c1-6-19(4,5)20-18(22)16-9-11-21(12-10-16)25(23,24)17-8-7-14(2)13-15(17)3/h7-8,13,16H,6,9-12H2,1-5H3,(H,20,22). The van der Waals surface area contributed by atoms with Gasteiger partial charge in [0.1, 0.15) is 0 Å². The van der Waals surface area contributed by atoms with Gasteiger partial charge in [-0.05, 0) is 58.6 Å². The zero-order valence-electron chi connectivity index (χ0n) is 15.9. The van der Waals surface area contributed by atoms with Crippen molar-refractivity contribution in [1.29, 1.82) is 0 Å². The highest BCUT2D eigenvalue weighted by Crippen LogP contribution is 2.26. The molecule has 0 radical (unpaired) electrons. The molecule has 1 N–H and O–H groups in total. The van der Waals surface area contributed by atoms with E-state index in [1.54, 1.807) is 6.07 Å². The summed E-state index contributed by atoms with van der Waals surface area (Å²) < 4.78 is 27.3. The molecular weight excluding hydrogens is 336 g/mol. The van der Waals surface area contributed by atoms with E-state index in [9.17, 15) is 13.2 Å². The maximum absolute atomic E-state index is 12.9. The molecule has 25 heavy (non-hydrogen) atoms. The highest BCUT2D eigenvalue weighted by Gasteiger charge is 2.33. The minimum absolute atomic E-state index is 0.0374. The number of rotatable bonds is 5. The molecule has 1 saturated heterocycles. The maximum atomic E-state index is 12.9.